The van der Waals surface area contributed by atoms with Crippen LogP contribution in [-0.2, 0) is 11.2 Å². The lowest BCUT2D eigenvalue weighted by Crippen LogP contribution is -2.43. The second kappa shape index (κ2) is 7.77. The maximum Gasteiger partial charge on any atom is 0.490 e. The van der Waals surface area contributed by atoms with Crippen molar-refractivity contribution in [3.05, 3.63) is 18.1 Å². The number of nitrogens with zero attached hydrogens (tertiary/aromatic N) is 3. The summed E-state index contributed by atoms with van der Waals surface area (Å²) in [7, 11) is 0. The highest BCUT2D eigenvalue weighted by Gasteiger charge is 2.38. The zero-order valence-corrected chi connectivity index (χ0v) is 11.5. The van der Waals surface area contributed by atoms with Crippen molar-refractivity contribution in [2.45, 2.75) is 19.5 Å². The van der Waals surface area contributed by atoms with Crippen LogP contribution in [0.5, 0.6) is 0 Å². The van der Waals surface area contributed by atoms with E-state index in [1.54, 1.807) is 6.33 Å². The molecule has 1 aliphatic rings. The van der Waals surface area contributed by atoms with E-state index in [-0.39, 0.29) is 0 Å². The van der Waals surface area contributed by atoms with Crippen molar-refractivity contribution in [1.29, 1.82) is 0 Å². The van der Waals surface area contributed by atoms with Crippen molar-refractivity contribution in [3.63, 3.8) is 0 Å². The molecular weight excluding hydrogens is 289 g/mol. The number of hydrogen-bond donors (Lipinski definition) is 2. The lowest BCUT2D eigenvalue weighted by molar-refractivity contribution is -0.192. The third-order valence-corrected chi connectivity index (χ3v) is 2.76. The van der Waals surface area contributed by atoms with E-state index in [1.807, 2.05) is 0 Å². The number of halogens is 3. The van der Waals surface area contributed by atoms with Crippen LogP contribution in [0.1, 0.15) is 12.6 Å². The van der Waals surface area contributed by atoms with Gasteiger partial charge in [-0.15, -0.1) is 0 Å². The van der Waals surface area contributed by atoms with Crippen molar-refractivity contribution < 1.29 is 23.1 Å². The Kier molecular flexibility index (Phi) is 6.35. The summed E-state index contributed by atoms with van der Waals surface area (Å²) in [6.45, 7) is 6.29. The van der Waals surface area contributed by atoms with Gasteiger partial charge in [-0.25, -0.2) is 14.8 Å². The molecule has 0 saturated carbocycles. The molecule has 2 heterocycles. The van der Waals surface area contributed by atoms with Crippen molar-refractivity contribution in [1.82, 2.24) is 15.3 Å². The Morgan fingerprint density at radius 1 is 1.38 bits per heavy atom. The number of carboxylic acid groups (broad SMARTS) is 1. The summed E-state index contributed by atoms with van der Waals surface area (Å²) in [6, 6.07) is 2.09. The van der Waals surface area contributed by atoms with E-state index in [4.69, 9.17) is 9.90 Å². The fourth-order valence-corrected chi connectivity index (χ4v) is 1.65. The van der Waals surface area contributed by atoms with Gasteiger partial charge in [0.05, 0.1) is 0 Å². The van der Waals surface area contributed by atoms with E-state index >= 15 is 0 Å². The fraction of sp³-hybridized carbons (Fsp3) is 0.583. The zero-order chi connectivity index (χ0) is 15.9. The predicted octanol–water partition coefficient (Wildman–Crippen LogP) is 1.08. The Morgan fingerprint density at radius 2 is 1.95 bits per heavy atom. The first kappa shape index (κ1) is 17.2. The van der Waals surface area contributed by atoms with Crippen molar-refractivity contribution >= 4 is 11.8 Å². The summed E-state index contributed by atoms with van der Waals surface area (Å²) in [5, 5.41) is 10.5. The van der Waals surface area contributed by atoms with Gasteiger partial charge in [0.1, 0.15) is 12.1 Å². The SMILES string of the molecule is CCc1cc(N2CCNCC2)ncn1.O=C(O)C(F)(F)F. The number of aliphatic carboxylic acids is 1. The van der Waals surface area contributed by atoms with Gasteiger partial charge in [-0.2, -0.15) is 13.2 Å². The molecule has 0 unspecified atom stereocenters. The number of nitrogens with one attached hydrogen (secondary N) is 1. The molecular formula is C12H17F3N4O2. The van der Waals surface area contributed by atoms with Crippen LogP contribution in [0.3, 0.4) is 0 Å². The molecule has 0 amide bonds. The van der Waals surface area contributed by atoms with Crippen LogP contribution < -0.4 is 10.2 Å². The molecule has 1 aromatic heterocycles. The average Bonchev–Trinajstić information content (AvgIpc) is 2.48. The largest absolute Gasteiger partial charge is 0.490 e. The smallest absolute Gasteiger partial charge is 0.475 e. The standard InChI is InChI=1S/C10H16N4.C2HF3O2/c1-2-9-7-10(13-8-12-9)14-5-3-11-4-6-14;3-2(4,5)1(6)7/h7-8,11H,2-6H2,1H3;(H,6,7). The van der Waals surface area contributed by atoms with Gasteiger partial charge in [0.15, 0.2) is 0 Å². The third kappa shape index (κ3) is 5.94. The zero-order valence-electron chi connectivity index (χ0n) is 11.5. The first-order valence-electron chi connectivity index (χ1n) is 6.41. The highest BCUT2D eigenvalue weighted by Crippen LogP contribution is 2.13. The van der Waals surface area contributed by atoms with E-state index < -0.39 is 12.1 Å². The van der Waals surface area contributed by atoms with Gasteiger partial charge in [0.2, 0.25) is 0 Å². The number of piperazine rings is 1. The molecule has 0 spiro atoms. The molecule has 9 heteroatoms. The summed E-state index contributed by atoms with van der Waals surface area (Å²) in [5.41, 5.74) is 1.12. The summed E-state index contributed by atoms with van der Waals surface area (Å²) >= 11 is 0. The molecule has 1 saturated heterocycles. The van der Waals surface area contributed by atoms with Gasteiger partial charge in [0.25, 0.3) is 0 Å². The number of alkyl halides is 3. The number of carboxylic acids is 1. The predicted molar refractivity (Wildman–Crippen MR) is 70.2 cm³/mol. The summed E-state index contributed by atoms with van der Waals surface area (Å²) in [4.78, 5) is 19.7. The highest BCUT2D eigenvalue weighted by molar-refractivity contribution is 5.73. The average molecular weight is 306 g/mol. The summed E-state index contributed by atoms with van der Waals surface area (Å²) in [5.74, 6) is -1.69. The van der Waals surface area contributed by atoms with Crippen LogP contribution in [0.2, 0.25) is 0 Å². The van der Waals surface area contributed by atoms with E-state index in [0.29, 0.717) is 0 Å². The maximum absolute atomic E-state index is 10.6. The number of anilines is 1. The van der Waals surface area contributed by atoms with E-state index in [9.17, 15) is 13.2 Å². The molecule has 118 valence electrons. The minimum atomic E-state index is -5.08. The van der Waals surface area contributed by atoms with Crippen molar-refractivity contribution in [3.8, 4) is 0 Å². The van der Waals surface area contributed by atoms with Gasteiger partial charge in [-0.3, -0.25) is 0 Å². The van der Waals surface area contributed by atoms with E-state index in [2.05, 4.69) is 33.2 Å². The molecule has 1 aromatic rings. The van der Waals surface area contributed by atoms with E-state index in [1.165, 1.54) is 0 Å². The third-order valence-electron chi connectivity index (χ3n) is 2.76. The number of carbonyl (C=O) groups is 1. The normalized spacial score (nSPS) is 15.1. The molecule has 0 bridgehead atoms. The molecule has 0 atom stereocenters. The van der Waals surface area contributed by atoms with Crippen LogP contribution >= 0.6 is 0 Å². The van der Waals surface area contributed by atoms with Crippen LogP contribution in [0, 0.1) is 0 Å². The van der Waals surface area contributed by atoms with E-state index in [0.717, 1.165) is 44.1 Å². The molecule has 1 fully saturated rings. The molecule has 21 heavy (non-hydrogen) atoms. The summed E-state index contributed by atoms with van der Waals surface area (Å²) in [6.07, 6.45) is -2.45. The minimum absolute atomic E-state index is 0.974. The number of aromatic nitrogens is 2. The number of hydrogen-bond acceptors (Lipinski definition) is 5. The Hall–Kier alpha value is -1.90. The number of rotatable bonds is 2. The van der Waals surface area contributed by atoms with Gasteiger partial charge in [0, 0.05) is 37.9 Å². The molecule has 0 radical (unpaired) electrons. The fourth-order valence-electron chi connectivity index (χ4n) is 1.65. The highest BCUT2D eigenvalue weighted by atomic mass is 19.4. The Bertz CT molecular complexity index is 462. The minimum Gasteiger partial charge on any atom is -0.475 e. The molecule has 6 nitrogen and oxygen atoms in total. The van der Waals surface area contributed by atoms with Crippen LogP contribution in [0.25, 0.3) is 0 Å². The second-order valence-electron chi connectivity index (χ2n) is 4.26. The van der Waals surface area contributed by atoms with Crippen LogP contribution in [-0.4, -0.2) is 53.4 Å². The van der Waals surface area contributed by atoms with Gasteiger partial charge < -0.3 is 15.3 Å². The first-order valence-corrected chi connectivity index (χ1v) is 6.41. The summed E-state index contributed by atoms with van der Waals surface area (Å²) < 4.78 is 31.7. The Labute approximate surface area is 120 Å². The Balaban J connectivity index is 0.000000270. The Morgan fingerprint density at radius 3 is 2.43 bits per heavy atom. The van der Waals surface area contributed by atoms with Gasteiger partial charge in [-0.1, -0.05) is 6.92 Å². The number of aryl methyl sites for hydroxylation is 1. The maximum atomic E-state index is 10.6. The quantitative estimate of drug-likeness (QED) is 0.851. The molecule has 0 aromatic carbocycles. The topological polar surface area (TPSA) is 78.3 Å². The first-order chi connectivity index (χ1) is 9.84. The molecule has 1 aliphatic heterocycles. The van der Waals surface area contributed by atoms with Crippen LogP contribution in [0.4, 0.5) is 19.0 Å². The van der Waals surface area contributed by atoms with Gasteiger partial charge in [-0.05, 0) is 6.42 Å². The molecule has 0 aliphatic carbocycles. The molecule has 2 N–H and O–H groups in total. The van der Waals surface area contributed by atoms with Crippen molar-refractivity contribution in [2.24, 2.45) is 0 Å². The lowest BCUT2D eigenvalue weighted by Gasteiger charge is -2.28. The van der Waals surface area contributed by atoms with Crippen LogP contribution in [0.15, 0.2) is 12.4 Å². The van der Waals surface area contributed by atoms with Crippen molar-refractivity contribution in [2.75, 3.05) is 31.1 Å². The second-order valence-corrected chi connectivity index (χ2v) is 4.26. The van der Waals surface area contributed by atoms with Gasteiger partial charge >= 0.3 is 12.1 Å². The monoisotopic (exact) mass is 306 g/mol. The molecule has 2 rings (SSSR count). The lowest BCUT2D eigenvalue weighted by atomic mass is 10.3.